The Kier molecular flexibility index (Phi) is 3.80. The first-order chi connectivity index (χ1) is 7.10. The summed E-state index contributed by atoms with van der Waals surface area (Å²) < 4.78 is 31.1. The second-order valence-electron chi connectivity index (χ2n) is 3.11. The van der Waals surface area contributed by atoms with E-state index < -0.39 is 11.6 Å². The van der Waals surface area contributed by atoms with Crippen LogP contribution in [0.4, 0.5) is 8.78 Å². The first-order valence-electron chi connectivity index (χ1n) is 4.51. The van der Waals surface area contributed by atoms with Gasteiger partial charge in [0.05, 0.1) is 7.11 Å². The zero-order valence-corrected chi connectivity index (χ0v) is 8.52. The van der Waals surface area contributed by atoms with E-state index in [4.69, 9.17) is 10.5 Å². The average Bonchev–Trinajstić information content (AvgIpc) is 2.17. The summed E-state index contributed by atoms with van der Waals surface area (Å²) in [5.74, 6) is -1.37. The second kappa shape index (κ2) is 4.89. The molecule has 2 nitrogen and oxygen atoms in total. The van der Waals surface area contributed by atoms with E-state index in [1.807, 2.05) is 0 Å². The lowest BCUT2D eigenvalue weighted by Crippen LogP contribution is -2.02. The Labute approximate surface area is 87.4 Å². The van der Waals surface area contributed by atoms with Crippen molar-refractivity contribution in [3.63, 3.8) is 0 Å². The molecule has 0 bridgehead atoms. The maximum absolute atomic E-state index is 13.3. The summed E-state index contributed by atoms with van der Waals surface area (Å²) in [5, 5.41) is 0. The van der Waals surface area contributed by atoms with Crippen LogP contribution in [0.1, 0.15) is 12.0 Å². The van der Waals surface area contributed by atoms with Crippen molar-refractivity contribution in [3.05, 3.63) is 35.9 Å². The fourth-order valence-corrected chi connectivity index (χ4v) is 1.34. The molecule has 0 radical (unpaired) electrons. The van der Waals surface area contributed by atoms with Crippen molar-refractivity contribution in [1.82, 2.24) is 0 Å². The highest BCUT2D eigenvalue weighted by Crippen LogP contribution is 2.30. The topological polar surface area (TPSA) is 35.2 Å². The van der Waals surface area contributed by atoms with E-state index in [0.29, 0.717) is 24.1 Å². The minimum Gasteiger partial charge on any atom is -0.493 e. The maximum Gasteiger partial charge on any atom is 0.168 e. The van der Waals surface area contributed by atoms with Crippen molar-refractivity contribution in [3.8, 4) is 5.75 Å². The average molecular weight is 213 g/mol. The van der Waals surface area contributed by atoms with Gasteiger partial charge < -0.3 is 10.5 Å². The summed E-state index contributed by atoms with van der Waals surface area (Å²) in [7, 11) is 1.33. The second-order valence-corrected chi connectivity index (χ2v) is 3.11. The van der Waals surface area contributed by atoms with Crippen LogP contribution in [-0.2, 0) is 0 Å². The van der Waals surface area contributed by atoms with E-state index in [2.05, 4.69) is 6.58 Å². The molecule has 2 N–H and O–H groups in total. The lowest BCUT2D eigenvalue weighted by atomic mass is 10.0. The highest BCUT2D eigenvalue weighted by molar-refractivity contribution is 5.69. The monoisotopic (exact) mass is 213 g/mol. The van der Waals surface area contributed by atoms with Crippen LogP contribution >= 0.6 is 0 Å². The van der Waals surface area contributed by atoms with Crippen LogP contribution in [0, 0.1) is 11.6 Å². The van der Waals surface area contributed by atoms with Gasteiger partial charge in [0.1, 0.15) is 5.82 Å². The molecule has 0 saturated carbocycles. The molecule has 0 amide bonds. The number of methoxy groups -OCH3 is 1. The van der Waals surface area contributed by atoms with Gasteiger partial charge in [0.25, 0.3) is 0 Å². The van der Waals surface area contributed by atoms with Gasteiger partial charge in [-0.05, 0) is 24.6 Å². The van der Waals surface area contributed by atoms with E-state index in [1.165, 1.54) is 13.2 Å². The summed E-state index contributed by atoms with van der Waals surface area (Å²) in [6, 6.07) is 1.97. The van der Waals surface area contributed by atoms with Crippen molar-refractivity contribution in [2.45, 2.75) is 6.42 Å². The van der Waals surface area contributed by atoms with Gasteiger partial charge in [-0.1, -0.05) is 6.58 Å². The normalized spacial score (nSPS) is 10.1. The Hall–Kier alpha value is -1.42. The van der Waals surface area contributed by atoms with E-state index in [9.17, 15) is 8.78 Å². The number of halogens is 2. The molecule has 0 aliphatic rings. The molecule has 0 heterocycles. The first kappa shape index (κ1) is 11.7. The SMILES string of the molecule is C=C(CCN)c1cc(F)cc(F)c1OC. The minimum atomic E-state index is -0.731. The minimum absolute atomic E-state index is 0.00912. The highest BCUT2D eigenvalue weighted by atomic mass is 19.1. The molecule has 0 atom stereocenters. The van der Waals surface area contributed by atoms with Gasteiger partial charge in [0, 0.05) is 11.6 Å². The summed E-state index contributed by atoms with van der Waals surface area (Å²) >= 11 is 0. The van der Waals surface area contributed by atoms with Gasteiger partial charge >= 0.3 is 0 Å². The van der Waals surface area contributed by atoms with E-state index in [-0.39, 0.29) is 5.75 Å². The predicted octanol–water partition coefficient (Wildman–Crippen LogP) is 2.34. The lowest BCUT2D eigenvalue weighted by molar-refractivity contribution is 0.382. The molecule has 1 aromatic rings. The summed E-state index contributed by atoms with van der Waals surface area (Å²) in [6.07, 6.45) is 0.471. The fraction of sp³-hybridized carbons (Fsp3) is 0.273. The first-order valence-corrected chi connectivity index (χ1v) is 4.51. The molecule has 1 aromatic carbocycles. The molecule has 0 spiro atoms. The van der Waals surface area contributed by atoms with Crippen LogP contribution in [-0.4, -0.2) is 13.7 Å². The van der Waals surface area contributed by atoms with Crippen molar-refractivity contribution < 1.29 is 13.5 Å². The van der Waals surface area contributed by atoms with Gasteiger partial charge in [0.2, 0.25) is 0 Å². The van der Waals surface area contributed by atoms with Crippen LogP contribution in [0.5, 0.6) is 5.75 Å². The molecule has 0 unspecified atom stereocenters. The molecule has 1 rings (SSSR count). The number of benzene rings is 1. The van der Waals surface area contributed by atoms with Crippen molar-refractivity contribution in [2.24, 2.45) is 5.73 Å². The van der Waals surface area contributed by atoms with Crippen LogP contribution in [0.3, 0.4) is 0 Å². The van der Waals surface area contributed by atoms with Gasteiger partial charge in [-0.2, -0.15) is 0 Å². The van der Waals surface area contributed by atoms with Crippen LogP contribution < -0.4 is 10.5 Å². The third-order valence-electron chi connectivity index (χ3n) is 2.04. The van der Waals surface area contributed by atoms with Crippen molar-refractivity contribution in [1.29, 1.82) is 0 Å². The molecule has 0 aliphatic heterocycles. The van der Waals surface area contributed by atoms with Crippen molar-refractivity contribution in [2.75, 3.05) is 13.7 Å². The number of hydrogen-bond acceptors (Lipinski definition) is 2. The van der Waals surface area contributed by atoms with Gasteiger partial charge in [-0.25, -0.2) is 8.78 Å². The zero-order chi connectivity index (χ0) is 11.4. The largest absolute Gasteiger partial charge is 0.493 e. The summed E-state index contributed by atoms with van der Waals surface area (Å²) in [4.78, 5) is 0. The van der Waals surface area contributed by atoms with Gasteiger partial charge in [0.15, 0.2) is 11.6 Å². The van der Waals surface area contributed by atoms with Crippen LogP contribution in [0.2, 0.25) is 0 Å². The molecule has 0 fully saturated rings. The van der Waals surface area contributed by atoms with Gasteiger partial charge in [-0.15, -0.1) is 0 Å². The zero-order valence-electron chi connectivity index (χ0n) is 8.52. The third kappa shape index (κ3) is 2.53. The summed E-state index contributed by atoms with van der Waals surface area (Å²) in [5.41, 5.74) is 6.24. The number of hydrogen-bond donors (Lipinski definition) is 1. The van der Waals surface area contributed by atoms with E-state index in [1.54, 1.807) is 0 Å². The molecule has 4 heteroatoms. The quantitative estimate of drug-likeness (QED) is 0.833. The Morgan fingerprint density at radius 1 is 1.47 bits per heavy atom. The van der Waals surface area contributed by atoms with Gasteiger partial charge in [-0.3, -0.25) is 0 Å². The molecule has 0 aromatic heterocycles. The van der Waals surface area contributed by atoms with Crippen LogP contribution in [0.25, 0.3) is 5.57 Å². The molecule has 82 valence electrons. The highest BCUT2D eigenvalue weighted by Gasteiger charge is 2.13. The Bertz CT molecular complexity index is 377. The Morgan fingerprint density at radius 3 is 2.67 bits per heavy atom. The Morgan fingerprint density at radius 2 is 2.13 bits per heavy atom. The standard InChI is InChI=1S/C11H13F2NO/c1-7(3-4-14)9-5-8(12)6-10(13)11(9)15-2/h5-6H,1,3-4,14H2,2H3. The molecular weight excluding hydrogens is 200 g/mol. The molecule has 0 aliphatic carbocycles. The number of ether oxygens (including phenoxy) is 1. The molecule has 15 heavy (non-hydrogen) atoms. The third-order valence-corrected chi connectivity index (χ3v) is 2.04. The maximum atomic E-state index is 13.3. The summed E-state index contributed by atoms with van der Waals surface area (Å²) in [6.45, 7) is 4.09. The number of rotatable bonds is 4. The Balaban J connectivity index is 3.20. The predicted molar refractivity (Wildman–Crippen MR) is 55.6 cm³/mol. The fourth-order valence-electron chi connectivity index (χ4n) is 1.34. The molecule has 0 saturated heterocycles. The van der Waals surface area contributed by atoms with Crippen LogP contribution in [0.15, 0.2) is 18.7 Å². The van der Waals surface area contributed by atoms with Crippen molar-refractivity contribution >= 4 is 5.57 Å². The van der Waals surface area contributed by atoms with E-state index in [0.717, 1.165) is 6.07 Å². The smallest absolute Gasteiger partial charge is 0.168 e. The lowest BCUT2D eigenvalue weighted by Gasteiger charge is -2.11. The molecular formula is C11H13F2NO. The van der Waals surface area contributed by atoms with E-state index >= 15 is 0 Å². The number of nitrogens with two attached hydrogens (primary N) is 1.